The second-order valence-electron chi connectivity index (χ2n) is 1.98. The summed E-state index contributed by atoms with van der Waals surface area (Å²) < 4.78 is 3.96. The third kappa shape index (κ3) is 1.40. The number of rotatable bonds is 2. The molecule has 0 saturated carbocycles. The second-order valence-corrected chi connectivity index (χ2v) is 2.90. The Balaban J connectivity index is 2.14. The number of nitrogens with zero attached hydrogens (tertiary/aromatic N) is 4. The molecule has 2 heterocycles. The molecule has 0 bridgehead atoms. The van der Waals surface area contributed by atoms with Crippen molar-refractivity contribution in [2.45, 2.75) is 6.42 Å². The van der Waals surface area contributed by atoms with Gasteiger partial charge in [-0.05, 0) is 17.6 Å². The summed E-state index contributed by atoms with van der Waals surface area (Å²) in [4.78, 5) is 1.14. The van der Waals surface area contributed by atoms with Gasteiger partial charge >= 0.3 is 0 Å². The minimum absolute atomic E-state index is 0.703. The van der Waals surface area contributed by atoms with Crippen molar-refractivity contribution in [2.24, 2.45) is 0 Å². The van der Waals surface area contributed by atoms with Crippen LogP contribution >= 0.6 is 11.5 Å². The fourth-order valence-electron chi connectivity index (χ4n) is 0.747. The van der Waals surface area contributed by atoms with Crippen molar-refractivity contribution in [3.63, 3.8) is 0 Å². The zero-order valence-corrected chi connectivity index (χ0v) is 6.38. The van der Waals surface area contributed by atoms with Crippen LogP contribution in [-0.4, -0.2) is 25.0 Å². The maximum Gasteiger partial charge on any atom is 0.179 e. The van der Waals surface area contributed by atoms with Gasteiger partial charge in [0.25, 0.3) is 0 Å². The molecule has 2 rings (SSSR count). The first-order valence-electron chi connectivity index (χ1n) is 3.07. The van der Waals surface area contributed by atoms with Crippen LogP contribution in [0.1, 0.15) is 10.7 Å². The van der Waals surface area contributed by atoms with Gasteiger partial charge in [0.2, 0.25) is 0 Å². The normalized spacial score (nSPS) is 10.2. The second kappa shape index (κ2) is 2.75. The highest BCUT2D eigenvalue weighted by atomic mass is 32.1. The molecular formula is C5H5N5S. The van der Waals surface area contributed by atoms with Gasteiger partial charge in [-0.3, -0.25) is 0 Å². The van der Waals surface area contributed by atoms with Crippen molar-refractivity contribution in [1.82, 2.24) is 25.0 Å². The standard InChI is InChI=1S/C5H5N5S/c1-2-6-11-4(1)3-5-7-9-10-8-5/h1-2H,3H2,(H,7,8,9,10). The number of H-pyrrole nitrogens is 1. The lowest BCUT2D eigenvalue weighted by molar-refractivity contribution is 0.881. The van der Waals surface area contributed by atoms with Gasteiger partial charge in [0.1, 0.15) is 0 Å². The maximum atomic E-state index is 3.96. The fourth-order valence-corrected chi connectivity index (χ4v) is 1.32. The molecule has 6 heteroatoms. The summed E-state index contributed by atoms with van der Waals surface area (Å²) in [7, 11) is 0. The van der Waals surface area contributed by atoms with E-state index in [1.807, 2.05) is 6.07 Å². The Morgan fingerprint density at radius 1 is 1.55 bits per heavy atom. The molecule has 0 aliphatic rings. The minimum Gasteiger partial charge on any atom is -0.201 e. The van der Waals surface area contributed by atoms with Gasteiger partial charge in [-0.25, -0.2) is 4.37 Å². The van der Waals surface area contributed by atoms with Crippen LogP contribution in [-0.2, 0) is 6.42 Å². The average molecular weight is 167 g/mol. The lowest BCUT2D eigenvalue weighted by Gasteiger charge is -1.84. The van der Waals surface area contributed by atoms with Crippen LogP contribution in [0.15, 0.2) is 12.3 Å². The molecule has 0 spiro atoms. The topological polar surface area (TPSA) is 67.3 Å². The third-order valence-electron chi connectivity index (χ3n) is 1.21. The first-order chi connectivity index (χ1) is 5.45. The molecule has 56 valence electrons. The molecule has 0 amide bonds. The molecule has 11 heavy (non-hydrogen) atoms. The highest BCUT2D eigenvalue weighted by molar-refractivity contribution is 7.05. The first kappa shape index (κ1) is 6.41. The number of hydrogen-bond donors (Lipinski definition) is 1. The number of hydrogen-bond acceptors (Lipinski definition) is 5. The molecule has 0 fully saturated rings. The Hall–Kier alpha value is -1.30. The average Bonchev–Trinajstić information content (AvgIpc) is 2.60. The van der Waals surface area contributed by atoms with Crippen molar-refractivity contribution in [1.29, 1.82) is 0 Å². The molecule has 0 radical (unpaired) electrons. The van der Waals surface area contributed by atoms with Gasteiger partial charge < -0.3 is 0 Å². The Labute approximate surface area is 66.6 Å². The van der Waals surface area contributed by atoms with E-state index in [0.717, 1.165) is 4.88 Å². The lowest BCUT2D eigenvalue weighted by Crippen LogP contribution is -1.86. The van der Waals surface area contributed by atoms with Crippen LogP contribution in [0.25, 0.3) is 0 Å². The molecule has 5 nitrogen and oxygen atoms in total. The molecule has 1 N–H and O–H groups in total. The number of aromatic amines is 1. The van der Waals surface area contributed by atoms with Crippen molar-refractivity contribution in [3.05, 3.63) is 23.0 Å². The van der Waals surface area contributed by atoms with Gasteiger partial charge in [0, 0.05) is 17.5 Å². The molecule has 0 saturated heterocycles. The predicted molar refractivity (Wildman–Crippen MR) is 39.1 cm³/mol. The van der Waals surface area contributed by atoms with E-state index in [1.54, 1.807) is 6.20 Å². The summed E-state index contributed by atoms with van der Waals surface area (Å²) in [5.41, 5.74) is 0. The summed E-state index contributed by atoms with van der Waals surface area (Å²) in [6.07, 6.45) is 2.47. The van der Waals surface area contributed by atoms with Crippen molar-refractivity contribution in [2.75, 3.05) is 0 Å². The minimum atomic E-state index is 0.703. The maximum absolute atomic E-state index is 3.96. The van der Waals surface area contributed by atoms with E-state index in [4.69, 9.17) is 0 Å². The molecule has 2 aromatic heterocycles. The Morgan fingerprint density at radius 3 is 3.18 bits per heavy atom. The predicted octanol–water partition coefficient (Wildman–Crippen LogP) is 0.247. The van der Waals surface area contributed by atoms with Crippen LogP contribution in [0.3, 0.4) is 0 Å². The molecular weight excluding hydrogens is 162 g/mol. The van der Waals surface area contributed by atoms with Crippen LogP contribution in [0.2, 0.25) is 0 Å². The summed E-state index contributed by atoms with van der Waals surface area (Å²) in [6.45, 7) is 0. The summed E-state index contributed by atoms with van der Waals surface area (Å²) in [5.74, 6) is 0.703. The molecule has 0 aromatic carbocycles. The highest BCUT2D eigenvalue weighted by Crippen LogP contribution is 2.07. The van der Waals surface area contributed by atoms with E-state index < -0.39 is 0 Å². The zero-order chi connectivity index (χ0) is 7.52. The Morgan fingerprint density at radius 2 is 2.55 bits per heavy atom. The Bertz CT molecular complexity index is 267. The number of aromatic nitrogens is 5. The van der Waals surface area contributed by atoms with Crippen molar-refractivity contribution >= 4 is 11.5 Å². The van der Waals surface area contributed by atoms with Crippen molar-refractivity contribution in [3.8, 4) is 0 Å². The summed E-state index contributed by atoms with van der Waals surface area (Å²) >= 11 is 1.45. The van der Waals surface area contributed by atoms with Gasteiger partial charge in [0.15, 0.2) is 5.82 Å². The molecule has 0 atom stereocenters. The quantitative estimate of drug-likeness (QED) is 0.696. The van der Waals surface area contributed by atoms with Gasteiger partial charge in [0.05, 0.1) is 0 Å². The van der Waals surface area contributed by atoms with Crippen LogP contribution in [0.4, 0.5) is 0 Å². The van der Waals surface area contributed by atoms with Gasteiger partial charge in [-0.2, -0.15) is 5.21 Å². The number of tetrazole rings is 1. The fraction of sp³-hybridized carbons (Fsp3) is 0.200. The smallest absolute Gasteiger partial charge is 0.179 e. The van der Waals surface area contributed by atoms with Crippen LogP contribution in [0.5, 0.6) is 0 Å². The summed E-state index contributed by atoms with van der Waals surface area (Å²) in [5, 5.41) is 13.5. The lowest BCUT2D eigenvalue weighted by atomic mass is 10.3. The molecule has 0 aliphatic heterocycles. The van der Waals surface area contributed by atoms with Crippen LogP contribution < -0.4 is 0 Å². The van der Waals surface area contributed by atoms with Gasteiger partial charge in [-0.15, -0.1) is 10.2 Å². The SMILES string of the molecule is c1cc(Cc2nn[nH]n2)sn1. The molecule has 2 aromatic rings. The first-order valence-corrected chi connectivity index (χ1v) is 3.84. The number of nitrogens with one attached hydrogen (secondary N) is 1. The van der Waals surface area contributed by atoms with E-state index in [1.165, 1.54) is 11.5 Å². The Kier molecular flexibility index (Phi) is 1.60. The summed E-state index contributed by atoms with van der Waals surface area (Å²) in [6, 6.07) is 1.95. The zero-order valence-electron chi connectivity index (χ0n) is 5.56. The van der Waals surface area contributed by atoms with Crippen LogP contribution in [0, 0.1) is 0 Å². The van der Waals surface area contributed by atoms with E-state index >= 15 is 0 Å². The largest absolute Gasteiger partial charge is 0.201 e. The molecule has 0 aliphatic carbocycles. The van der Waals surface area contributed by atoms with E-state index in [0.29, 0.717) is 12.2 Å². The molecule has 0 unspecified atom stereocenters. The van der Waals surface area contributed by atoms with Crippen molar-refractivity contribution < 1.29 is 0 Å². The van der Waals surface area contributed by atoms with E-state index in [-0.39, 0.29) is 0 Å². The van der Waals surface area contributed by atoms with E-state index in [2.05, 4.69) is 25.0 Å². The highest BCUT2D eigenvalue weighted by Gasteiger charge is 2.00. The van der Waals surface area contributed by atoms with Gasteiger partial charge in [-0.1, -0.05) is 5.21 Å². The third-order valence-corrected chi connectivity index (χ3v) is 1.95. The monoisotopic (exact) mass is 167 g/mol. The van der Waals surface area contributed by atoms with E-state index in [9.17, 15) is 0 Å².